The smallest absolute Gasteiger partial charge is 0.239 e. The summed E-state index contributed by atoms with van der Waals surface area (Å²) in [6.07, 6.45) is 6.86. The average molecular weight is 283 g/mol. The van der Waals surface area contributed by atoms with E-state index < -0.39 is 6.04 Å². The normalized spacial score (nSPS) is 18.4. The quantitative estimate of drug-likeness (QED) is 0.711. The van der Waals surface area contributed by atoms with Crippen LogP contribution in [0.25, 0.3) is 0 Å². The summed E-state index contributed by atoms with van der Waals surface area (Å²) in [5.74, 6) is 0.156. The van der Waals surface area contributed by atoms with E-state index in [9.17, 15) is 9.59 Å². The maximum Gasteiger partial charge on any atom is 0.239 e. The van der Waals surface area contributed by atoms with Crippen molar-refractivity contribution in [2.24, 2.45) is 11.7 Å². The fraction of sp³-hybridized carbons (Fsp3) is 0.867. The predicted molar refractivity (Wildman–Crippen MR) is 80.1 cm³/mol. The number of amides is 2. The molecule has 0 aromatic rings. The number of hydrogen-bond donors (Lipinski definition) is 3. The topological polar surface area (TPSA) is 84.2 Å². The lowest BCUT2D eigenvalue weighted by molar-refractivity contribution is -0.127. The van der Waals surface area contributed by atoms with Gasteiger partial charge in [-0.25, -0.2) is 0 Å². The van der Waals surface area contributed by atoms with E-state index in [-0.39, 0.29) is 23.9 Å². The second-order valence-electron chi connectivity index (χ2n) is 6.86. The Labute approximate surface area is 122 Å². The number of rotatable bonds is 5. The number of hydrogen-bond acceptors (Lipinski definition) is 3. The fourth-order valence-electron chi connectivity index (χ4n) is 2.65. The van der Waals surface area contributed by atoms with E-state index in [4.69, 9.17) is 5.73 Å². The molecule has 116 valence electrons. The Morgan fingerprint density at radius 1 is 1.20 bits per heavy atom. The van der Waals surface area contributed by atoms with Crippen LogP contribution >= 0.6 is 0 Å². The van der Waals surface area contributed by atoms with E-state index in [1.165, 1.54) is 32.1 Å². The van der Waals surface area contributed by atoms with Crippen molar-refractivity contribution in [3.05, 3.63) is 0 Å². The molecule has 2 amide bonds. The Hall–Kier alpha value is -1.10. The SMILES string of the molecule is CC(C)(C)NC(=O)CNC(=O)C(N)CC1CCCCC1. The minimum atomic E-state index is -0.500. The third kappa shape index (κ3) is 6.89. The standard InChI is InChI=1S/C15H29N3O2/c1-15(2,3)18-13(19)10-17-14(20)12(16)9-11-7-5-4-6-8-11/h11-12H,4-10,16H2,1-3H3,(H,17,20)(H,18,19). The van der Waals surface area contributed by atoms with Crippen LogP contribution in [0.4, 0.5) is 0 Å². The summed E-state index contributed by atoms with van der Waals surface area (Å²) in [4.78, 5) is 23.5. The monoisotopic (exact) mass is 283 g/mol. The minimum absolute atomic E-state index is 0.00549. The highest BCUT2D eigenvalue weighted by molar-refractivity contribution is 5.87. The summed E-state index contributed by atoms with van der Waals surface area (Å²) < 4.78 is 0. The van der Waals surface area contributed by atoms with E-state index in [1.54, 1.807) is 0 Å². The first-order chi connectivity index (χ1) is 9.28. The number of carbonyl (C=O) groups excluding carboxylic acids is 2. The van der Waals surface area contributed by atoms with Crippen LogP contribution in [0.5, 0.6) is 0 Å². The van der Waals surface area contributed by atoms with Crippen LogP contribution in [0.3, 0.4) is 0 Å². The van der Waals surface area contributed by atoms with E-state index in [0.717, 1.165) is 6.42 Å². The van der Waals surface area contributed by atoms with E-state index in [0.29, 0.717) is 5.92 Å². The van der Waals surface area contributed by atoms with Crippen LogP contribution in [0.15, 0.2) is 0 Å². The van der Waals surface area contributed by atoms with Crippen molar-refractivity contribution in [3.63, 3.8) is 0 Å². The van der Waals surface area contributed by atoms with Gasteiger partial charge in [-0.05, 0) is 33.1 Å². The first-order valence-electron chi connectivity index (χ1n) is 7.62. The first kappa shape index (κ1) is 17.0. The molecule has 1 aliphatic rings. The summed E-state index contributed by atoms with van der Waals surface area (Å²) in [5, 5.41) is 5.42. The lowest BCUT2D eigenvalue weighted by Gasteiger charge is -2.24. The van der Waals surface area contributed by atoms with Crippen LogP contribution in [-0.2, 0) is 9.59 Å². The molecule has 0 bridgehead atoms. The molecular weight excluding hydrogens is 254 g/mol. The van der Waals surface area contributed by atoms with Gasteiger partial charge >= 0.3 is 0 Å². The van der Waals surface area contributed by atoms with Gasteiger partial charge in [-0.3, -0.25) is 9.59 Å². The molecule has 4 N–H and O–H groups in total. The molecule has 1 rings (SSSR count). The molecule has 0 aromatic carbocycles. The van der Waals surface area contributed by atoms with Crippen molar-refractivity contribution in [2.75, 3.05) is 6.54 Å². The van der Waals surface area contributed by atoms with Gasteiger partial charge in [0.25, 0.3) is 0 Å². The van der Waals surface area contributed by atoms with Crippen LogP contribution < -0.4 is 16.4 Å². The van der Waals surface area contributed by atoms with Gasteiger partial charge in [0.1, 0.15) is 0 Å². The largest absolute Gasteiger partial charge is 0.350 e. The van der Waals surface area contributed by atoms with Gasteiger partial charge < -0.3 is 16.4 Å². The summed E-state index contributed by atoms with van der Waals surface area (Å²) in [5.41, 5.74) is 5.63. The molecule has 1 unspecified atom stereocenters. The molecule has 0 radical (unpaired) electrons. The van der Waals surface area contributed by atoms with Crippen molar-refractivity contribution < 1.29 is 9.59 Å². The average Bonchev–Trinajstić information content (AvgIpc) is 2.35. The van der Waals surface area contributed by atoms with Crippen LogP contribution in [-0.4, -0.2) is 29.9 Å². The van der Waals surface area contributed by atoms with E-state index in [1.807, 2.05) is 20.8 Å². The van der Waals surface area contributed by atoms with Crippen molar-refractivity contribution in [2.45, 2.75) is 70.9 Å². The molecule has 5 nitrogen and oxygen atoms in total. The van der Waals surface area contributed by atoms with Gasteiger partial charge in [0.15, 0.2) is 0 Å². The van der Waals surface area contributed by atoms with Gasteiger partial charge in [0.2, 0.25) is 11.8 Å². The van der Waals surface area contributed by atoms with Crippen LogP contribution in [0.2, 0.25) is 0 Å². The Kier molecular flexibility index (Phi) is 6.46. The Balaban J connectivity index is 2.25. The zero-order valence-electron chi connectivity index (χ0n) is 13.0. The molecule has 1 fully saturated rings. The van der Waals surface area contributed by atoms with Gasteiger partial charge in [-0.1, -0.05) is 32.1 Å². The lowest BCUT2D eigenvalue weighted by Crippen LogP contribution is -2.49. The number of nitrogens with two attached hydrogens (primary N) is 1. The predicted octanol–water partition coefficient (Wildman–Crippen LogP) is 1.32. The van der Waals surface area contributed by atoms with Crippen LogP contribution in [0.1, 0.15) is 59.3 Å². The van der Waals surface area contributed by atoms with Crippen molar-refractivity contribution in [1.82, 2.24) is 10.6 Å². The van der Waals surface area contributed by atoms with E-state index >= 15 is 0 Å². The summed E-state index contributed by atoms with van der Waals surface area (Å²) >= 11 is 0. The summed E-state index contributed by atoms with van der Waals surface area (Å²) in [6, 6.07) is -0.500. The molecule has 0 saturated heterocycles. The highest BCUT2D eigenvalue weighted by Crippen LogP contribution is 2.26. The zero-order valence-corrected chi connectivity index (χ0v) is 13.0. The van der Waals surface area contributed by atoms with Gasteiger partial charge in [0.05, 0.1) is 12.6 Å². The fourth-order valence-corrected chi connectivity index (χ4v) is 2.65. The first-order valence-corrected chi connectivity index (χ1v) is 7.62. The molecule has 1 aliphatic carbocycles. The molecule has 20 heavy (non-hydrogen) atoms. The number of nitrogens with one attached hydrogen (secondary N) is 2. The number of carbonyl (C=O) groups is 2. The molecule has 5 heteroatoms. The van der Waals surface area contributed by atoms with Gasteiger partial charge in [0, 0.05) is 5.54 Å². The second-order valence-corrected chi connectivity index (χ2v) is 6.86. The Bertz CT molecular complexity index is 331. The lowest BCUT2D eigenvalue weighted by atomic mass is 9.85. The van der Waals surface area contributed by atoms with Gasteiger partial charge in [-0.15, -0.1) is 0 Å². The molecule has 1 atom stereocenters. The Morgan fingerprint density at radius 2 is 1.80 bits per heavy atom. The maximum absolute atomic E-state index is 11.9. The summed E-state index contributed by atoms with van der Waals surface area (Å²) in [7, 11) is 0. The van der Waals surface area contributed by atoms with Gasteiger partial charge in [-0.2, -0.15) is 0 Å². The molecule has 1 saturated carbocycles. The third-order valence-corrected chi connectivity index (χ3v) is 3.59. The molecule has 0 spiro atoms. The molecular formula is C15H29N3O2. The molecule has 0 aliphatic heterocycles. The second kappa shape index (κ2) is 7.62. The Morgan fingerprint density at radius 3 is 2.35 bits per heavy atom. The van der Waals surface area contributed by atoms with Crippen molar-refractivity contribution >= 4 is 11.8 Å². The van der Waals surface area contributed by atoms with E-state index in [2.05, 4.69) is 10.6 Å². The molecule has 0 aromatic heterocycles. The summed E-state index contributed by atoms with van der Waals surface area (Å²) in [6.45, 7) is 5.71. The van der Waals surface area contributed by atoms with Crippen molar-refractivity contribution in [3.8, 4) is 0 Å². The molecule has 0 heterocycles. The highest BCUT2D eigenvalue weighted by atomic mass is 16.2. The maximum atomic E-state index is 11.9. The van der Waals surface area contributed by atoms with Crippen molar-refractivity contribution in [1.29, 1.82) is 0 Å². The highest BCUT2D eigenvalue weighted by Gasteiger charge is 2.22. The zero-order chi connectivity index (χ0) is 15.2. The van der Waals surface area contributed by atoms with Crippen LogP contribution in [0, 0.1) is 5.92 Å². The third-order valence-electron chi connectivity index (χ3n) is 3.59. The minimum Gasteiger partial charge on any atom is -0.350 e.